The predicted molar refractivity (Wildman–Crippen MR) is 55.2 cm³/mol. The molecule has 82 valence electrons. The minimum atomic E-state index is -1.29. The third kappa shape index (κ3) is 1.43. The van der Waals surface area contributed by atoms with Crippen molar-refractivity contribution in [3.05, 3.63) is 35.4 Å². The average molecular weight is 218 g/mol. The zero-order valence-corrected chi connectivity index (χ0v) is 8.73. The van der Waals surface area contributed by atoms with Crippen molar-refractivity contribution in [2.24, 2.45) is 5.92 Å². The number of carbonyl (C=O) groups is 3. The van der Waals surface area contributed by atoms with Crippen LogP contribution in [0, 0.1) is 5.92 Å². The molecule has 0 N–H and O–H groups in total. The number of rotatable bonds is 2. The lowest BCUT2D eigenvalue weighted by Gasteiger charge is -2.05. The summed E-state index contributed by atoms with van der Waals surface area (Å²) in [4.78, 5) is 35.1. The molecule has 0 spiro atoms. The standard InChI is InChI=1S/C12H10O4/c1-2-16-12(15)9-10(13)7-5-3-4-6-8(7)11(9)14/h3-6,9H,2H2,1H3. The van der Waals surface area contributed by atoms with Crippen LogP contribution in [0.3, 0.4) is 0 Å². The van der Waals surface area contributed by atoms with Gasteiger partial charge in [0.05, 0.1) is 6.61 Å². The second-order valence-corrected chi connectivity index (χ2v) is 3.46. The number of esters is 1. The molecule has 1 aromatic rings. The second kappa shape index (κ2) is 3.89. The molecule has 0 aliphatic heterocycles. The third-order valence-electron chi connectivity index (χ3n) is 2.50. The summed E-state index contributed by atoms with van der Waals surface area (Å²) < 4.78 is 4.72. The van der Waals surface area contributed by atoms with Crippen molar-refractivity contribution >= 4 is 17.5 Å². The summed E-state index contributed by atoms with van der Waals surface area (Å²) in [5.74, 6) is -2.97. The molecule has 0 fully saturated rings. The fourth-order valence-electron chi connectivity index (χ4n) is 1.78. The third-order valence-corrected chi connectivity index (χ3v) is 2.50. The van der Waals surface area contributed by atoms with Gasteiger partial charge in [0, 0.05) is 11.1 Å². The lowest BCUT2D eigenvalue weighted by atomic mass is 10.0. The van der Waals surface area contributed by atoms with Gasteiger partial charge in [-0.25, -0.2) is 0 Å². The van der Waals surface area contributed by atoms with E-state index in [1.165, 1.54) is 0 Å². The van der Waals surface area contributed by atoms with Crippen LogP contribution in [0.4, 0.5) is 0 Å². The highest BCUT2D eigenvalue weighted by Crippen LogP contribution is 2.27. The minimum Gasteiger partial charge on any atom is -0.465 e. The maximum atomic E-state index is 11.8. The lowest BCUT2D eigenvalue weighted by molar-refractivity contribution is -0.144. The molecule has 0 radical (unpaired) electrons. The van der Waals surface area contributed by atoms with E-state index in [9.17, 15) is 14.4 Å². The van der Waals surface area contributed by atoms with E-state index in [0.29, 0.717) is 11.1 Å². The molecule has 0 aromatic heterocycles. The normalized spacial score (nSPS) is 15.1. The van der Waals surface area contributed by atoms with E-state index in [1.54, 1.807) is 31.2 Å². The molecule has 0 saturated heterocycles. The zero-order valence-electron chi connectivity index (χ0n) is 8.73. The van der Waals surface area contributed by atoms with Crippen molar-refractivity contribution in [2.45, 2.75) is 6.92 Å². The van der Waals surface area contributed by atoms with Crippen LogP contribution < -0.4 is 0 Å². The number of ether oxygens (including phenoxy) is 1. The molecule has 0 atom stereocenters. The van der Waals surface area contributed by atoms with Crippen LogP contribution >= 0.6 is 0 Å². The van der Waals surface area contributed by atoms with Crippen LogP contribution in [0.25, 0.3) is 0 Å². The van der Waals surface area contributed by atoms with Crippen molar-refractivity contribution in [1.29, 1.82) is 0 Å². The fraction of sp³-hybridized carbons (Fsp3) is 0.250. The Bertz CT molecular complexity index is 441. The molecule has 2 rings (SSSR count). The van der Waals surface area contributed by atoms with Crippen molar-refractivity contribution < 1.29 is 19.1 Å². The van der Waals surface area contributed by atoms with Crippen molar-refractivity contribution in [2.75, 3.05) is 6.61 Å². The summed E-state index contributed by atoms with van der Waals surface area (Å²) >= 11 is 0. The Balaban J connectivity index is 2.39. The highest BCUT2D eigenvalue weighted by atomic mass is 16.5. The first kappa shape index (κ1) is 10.5. The monoisotopic (exact) mass is 218 g/mol. The maximum Gasteiger partial charge on any atom is 0.324 e. The van der Waals surface area contributed by atoms with Crippen LogP contribution in [0.2, 0.25) is 0 Å². The number of Topliss-reactive ketones (excluding diaryl/α,β-unsaturated/α-hetero) is 2. The van der Waals surface area contributed by atoms with Crippen LogP contribution in [0.15, 0.2) is 24.3 Å². The first-order chi connectivity index (χ1) is 7.66. The van der Waals surface area contributed by atoms with Crippen molar-refractivity contribution in [3.63, 3.8) is 0 Å². The maximum absolute atomic E-state index is 11.8. The minimum absolute atomic E-state index is 0.159. The average Bonchev–Trinajstić information content (AvgIpc) is 2.53. The van der Waals surface area contributed by atoms with E-state index in [1.807, 2.05) is 0 Å². The zero-order chi connectivity index (χ0) is 11.7. The number of benzene rings is 1. The molecule has 1 aliphatic rings. The number of carbonyl (C=O) groups excluding carboxylic acids is 3. The predicted octanol–water partition coefficient (Wildman–Crippen LogP) is 1.24. The molecule has 0 bridgehead atoms. The fourth-order valence-corrected chi connectivity index (χ4v) is 1.78. The summed E-state index contributed by atoms with van der Waals surface area (Å²) in [5, 5.41) is 0. The Hall–Kier alpha value is -1.97. The van der Waals surface area contributed by atoms with Crippen molar-refractivity contribution in [1.82, 2.24) is 0 Å². The summed E-state index contributed by atoms with van der Waals surface area (Å²) in [6.45, 7) is 1.79. The Morgan fingerprint density at radius 1 is 1.19 bits per heavy atom. The highest BCUT2D eigenvalue weighted by molar-refractivity contribution is 6.34. The molecule has 1 aromatic carbocycles. The van der Waals surface area contributed by atoms with Gasteiger partial charge in [-0.1, -0.05) is 24.3 Å². The summed E-state index contributed by atoms with van der Waals surface area (Å²) in [6, 6.07) is 6.43. The molecular weight excluding hydrogens is 208 g/mol. The largest absolute Gasteiger partial charge is 0.465 e. The molecule has 1 aliphatic carbocycles. The van der Waals surface area contributed by atoms with E-state index < -0.39 is 23.5 Å². The van der Waals surface area contributed by atoms with Gasteiger partial charge >= 0.3 is 5.97 Å². The Morgan fingerprint density at radius 3 is 2.12 bits per heavy atom. The van der Waals surface area contributed by atoms with Gasteiger partial charge in [-0.2, -0.15) is 0 Å². The van der Waals surface area contributed by atoms with Gasteiger partial charge in [0.1, 0.15) is 0 Å². The Labute approximate surface area is 92.2 Å². The second-order valence-electron chi connectivity index (χ2n) is 3.46. The van der Waals surface area contributed by atoms with Crippen molar-refractivity contribution in [3.8, 4) is 0 Å². The number of hydrogen-bond donors (Lipinski definition) is 0. The van der Waals surface area contributed by atoms with E-state index in [-0.39, 0.29) is 6.61 Å². The van der Waals surface area contributed by atoms with Gasteiger partial charge in [-0.05, 0) is 6.92 Å². The Morgan fingerprint density at radius 2 is 1.69 bits per heavy atom. The molecule has 16 heavy (non-hydrogen) atoms. The van der Waals surface area contributed by atoms with Gasteiger partial charge in [-0.15, -0.1) is 0 Å². The van der Waals surface area contributed by atoms with Gasteiger partial charge in [0.2, 0.25) is 0 Å². The topological polar surface area (TPSA) is 60.4 Å². The number of fused-ring (bicyclic) bond motifs is 1. The molecule has 0 heterocycles. The van der Waals surface area contributed by atoms with Crippen LogP contribution in [0.5, 0.6) is 0 Å². The highest BCUT2D eigenvalue weighted by Gasteiger charge is 2.44. The summed E-state index contributed by atoms with van der Waals surface area (Å²) in [5.41, 5.74) is 0.621. The lowest BCUT2D eigenvalue weighted by Crippen LogP contribution is -2.27. The van der Waals surface area contributed by atoms with Crippen LogP contribution in [0.1, 0.15) is 27.6 Å². The quantitative estimate of drug-likeness (QED) is 0.553. The van der Waals surface area contributed by atoms with Crippen LogP contribution in [-0.4, -0.2) is 24.1 Å². The molecule has 0 unspecified atom stereocenters. The molecule has 0 saturated carbocycles. The van der Waals surface area contributed by atoms with E-state index in [0.717, 1.165) is 0 Å². The van der Waals surface area contributed by atoms with Gasteiger partial charge < -0.3 is 4.74 Å². The first-order valence-corrected chi connectivity index (χ1v) is 5.01. The Kier molecular flexibility index (Phi) is 2.56. The van der Waals surface area contributed by atoms with Gasteiger partial charge in [0.25, 0.3) is 0 Å². The van der Waals surface area contributed by atoms with E-state index in [4.69, 9.17) is 4.74 Å². The summed E-state index contributed by atoms with van der Waals surface area (Å²) in [7, 11) is 0. The first-order valence-electron chi connectivity index (χ1n) is 5.01. The number of hydrogen-bond acceptors (Lipinski definition) is 4. The van der Waals surface area contributed by atoms with E-state index in [2.05, 4.69) is 0 Å². The SMILES string of the molecule is CCOC(=O)C1C(=O)c2ccccc2C1=O. The van der Waals surface area contributed by atoms with E-state index >= 15 is 0 Å². The van der Waals surface area contributed by atoms with Gasteiger partial charge in [-0.3, -0.25) is 14.4 Å². The smallest absolute Gasteiger partial charge is 0.324 e. The molecule has 0 amide bonds. The van der Waals surface area contributed by atoms with Gasteiger partial charge in [0.15, 0.2) is 17.5 Å². The molecular formula is C12H10O4. The van der Waals surface area contributed by atoms with Crippen LogP contribution in [-0.2, 0) is 9.53 Å². The molecule has 4 nitrogen and oxygen atoms in total. The molecule has 4 heteroatoms. The summed E-state index contributed by atoms with van der Waals surface area (Å²) in [6.07, 6.45) is 0. The number of ketones is 2.